The zero-order valence-corrected chi connectivity index (χ0v) is 16.2. The lowest BCUT2D eigenvalue weighted by Crippen LogP contribution is -2.21. The Balaban J connectivity index is 1.59. The van der Waals surface area contributed by atoms with Gasteiger partial charge in [0.25, 0.3) is 0 Å². The minimum atomic E-state index is -0.363. The van der Waals surface area contributed by atoms with E-state index in [9.17, 15) is 14.4 Å². The predicted molar refractivity (Wildman–Crippen MR) is 106 cm³/mol. The average Bonchev–Trinajstić information content (AvgIpc) is 3.39. The van der Waals surface area contributed by atoms with Gasteiger partial charge in [-0.15, -0.1) is 0 Å². The van der Waals surface area contributed by atoms with E-state index in [1.54, 1.807) is 30.3 Å². The van der Waals surface area contributed by atoms with E-state index >= 15 is 0 Å². The molecular weight excluding hydrogens is 364 g/mol. The monoisotopic (exact) mass is 384 g/mol. The molecule has 0 heterocycles. The third-order valence-corrected chi connectivity index (χ3v) is 5.00. The van der Waals surface area contributed by atoms with Crippen LogP contribution in [0.2, 0.25) is 5.02 Å². The quantitative estimate of drug-likeness (QED) is 0.751. The number of nitrogens with one attached hydrogen (secondary N) is 2. The van der Waals surface area contributed by atoms with Crippen LogP contribution in [0.15, 0.2) is 36.4 Å². The molecule has 27 heavy (non-hydrogen) atoms. The Labute approximate surface area is 163 Å². The molecule has 0 aliphatic heterocycles. The van der Waals surface area contributed by atoms with Crippen molar-refractivity contribution in [1.82, 2.24) is 0 Å². The first kappa shape index (κ1) is 19.1. The number of benzene rings is 2. The fourth-order valence-electron chi connectivity index (χ4n) is 3.09. The second kappa shape index (κ2) is 7.53. The molecule has 3 rings (SSSR count). The Morgan fingerprint density at radius 3 is 2.11 bits per heavy atom. The Bertz CT molecular complexity index is 899. The molecule has 1 saturated carbocycles. The smallest absolute Gasteiger partial charge is 0.228 e. The van der Waals surface area contributed by atoms with Gasteiger partial charge in [0, 0.05) is 11.3 Å². The van der Waals surface area contributed by atoms with Gasteiger partial charge in [0.2, 0.25) is 11.8 Å². The fourth-order valence-corrected chi connectivity index (χ4v) is 3.46. The lowest BCUT2D eigenvalue weighted by Gasteiger charge is -2.11. The SMILES string of the molecule is CC(=O)c1ccc(NC(=O)C2CC2C(=O)Nc2c(C)cc(C)cc2Cl)cc1. The summed E-state index contributed by atoms with van der Waals surface area (Å²) in [7, 11) is 0. The van der Waals surface area contributed by atoms with Crippen molar-refractivity contribution in [1.29, 1.82) is 0 Å². The highest BCUT2D eigenvalue weighted by molar-refractivity contribution is 6.34. The van der Waals surface area contributed by atoms with E-state index in [2.05, 4.69) is 10.6 Å². The summed E-state index contributed by atoms with van der Waals surface area (Å²) >= 11 is 6.23. The van der Waals surface area contributed by atoms with Crippen LogP contribution in [0.5, 0.6) is 0 Å². The van der Waals surface area contributed by atoms with E-state index in [0.29, 0.717) is 28.4 Å². The lowest BCUT2D eigenvalue weighted by molar-refractivity contribution is -0.122. The first-order valence-corrected chi connectivity index (χ1v) is 9.13. The number of hydrogen-bond acceptors (Lipinski definition) is 3. The highest BCUT2D eigenvalue weighted by Crippen LogP contribution is 2.41. The highest BCUT2D eigenvalue weighted by Gasteiger charge is 2.48. The number of carbonyl (C=O) groups excluding carboxylic acids is 3. The van der Waals surface area contributed by atoms with E-state index < -0.39 is 0 Å². The Hall–Kier alpha value is -2.66. The van der Waals surface area contributed by atoms with Gasteiger partial charge in [0.1, 0.15) is 0 Å². The van der Waals surface area contributed by atoms with Crippen LogP contribution in [0.25, 0.3) is 0 Å². The molecule has 0 bridgehead atoms. The van der Waals surface area contributed by atoms with Gasteiger partial charge in [-0.05, 0) is 68.7 Å². The molecule has 2 unspecified atom stereocenters. The van der Waals surface area contributed by atoms with Gasteiger partial charge in [0.05, 0.1) is 22.5 Å². The maximum atomic E-state index is 12.5. The molecule has 0 aromatic heterocycles. The van der Waals surface area contributed by atoms with Crippen LogP contribution in [0.1, 0.15) is 34.8 Å². The fraction of sp³-hybridized carbons (Fsp3) is 0.286. The summed E-state index contributed by atoms with van der Waals surface area (Å²) in [5.74, 6) is -1.15. The van der Waals surface area contributed by atoms with Crippen molar-refractivity contribution in [3.05, 3.63) is 58.1 Å². The molecule has 140 valence electrons. The van der Waals surface area contributed by atoms with Gasteiger partial charge in [-0.1, -0.05) is 17.7 Å². The van der Waals surface area contributed by atoms with Crippen molar-refractivity contribution in [3.63, 3.8) is 0 Å². The molecule has 2 aromatic rings. The van der Waals surface area contributed by atoms with Crippen molar-refractivity contribution >= 4 is 40.6 Å². The van der Waals surface area contributed by atoms with Crippen LogP contribution in [0.4, 0.5) is 11.4 Å². The number of rotatable bonds is 5. The van der Waals surface area contributed by atoms with Crippen LogP contribution in [-0.4, -0.2) is 17.6 Å². The predicted octanol–water partition coefficient (Wildman–Crippen LogP) is 4.37. The normalized spacial score (nSPS) is 17.9. The molecule has 2 atom stereocenters. The molecular formula is C21H21ClN2O3. The Morgan fingerprint density at radius 1 is 0.963 bits per heavy atom. The molecule has 0 saturated heterocycles. The van der Waals surface area contributed by atoms with Crippen molar-refractivity contribution in [2.24, 2.45) is 11.8 Å². The maximum Gasteiger partial charge on any atom is 0.228 e. The van der Waals surface area contributed by atoms with Crippen molar-refractivity contribution in [2.75, 3.05) is 10.6 Å². The van der Waals surface area contributed by atoms with Crippen LogP contribution < -0.4 is 10.6 Å². The van der Waals surface area contributed by atoms with Crippen LogP contribution >= 0.6 is 11.6 Å². The molecule has 2 aromatic carbocycles. The summed E-state index contributed by atoms with van der Waals surface area (Å²) in [4.78, 5) is 36.1. The molecule has 2 N–H and O–H groups in total. The first-order chi connectivity index (χ1) is 12.8. The number of halogens is 1. The van der Waals surface area contributed by atoms with Gasteiger partial charge >= 0.3 is 0 Å². The summed E-state index contributed by atoms with van der Waals surface area (Å²) in [5, 5.41) is 6.13. The summed E-state index contributed by atoms with van der Waals surface area (Å²) in [6.07, 6.45) is 0.506. The standard InChI is InChI=1S/C21H21ClN2O3/c1-11-8-12(2)19(18(22)9-11)24-21(27)17-10-16(17)20(26)23-15-6-4-14(5-7-15)13(3)25/h4-9,16-17H,10H2,1-3H3,(H,23,26)(H,24,27). The minimum Gasteiger partial charge on any atom is -0.326 e. The van der Waals surface area contributed by atoms with Crippen molar-refractivity contribution < 1.29 is 14.4 Å². The first-order valence-electron chi connectivity index (χ1n) is 8.75. The summed E-state index contributed by atoms with van der Waals surface area (Å²) in [6, 6.07) is 10.4. The van der Waals surface area contributed by atoms with E-state index in [1.165, 1.54) is 6.92 Å². The van der Waals surface area contributed by atoms with E-state index in [4.69, 9.17) is 11.6 Å². The third kappa shape index (κ3) is 4.37. The van der Waals surface area contributed by atoms with Gasteiger partial charge in [-0.25, -0.2) is 0 Å². The van der Waals surface area contributed by atoms with Crippen LogP contribution in [0.3, 0.4) is 0 Å². The van der Waals surface area contributed by atoms with Crippen LogP contribution in [-0.2, 0) is 9.59 Å². The van der Waals surface area contributed by atoms with Crippen molar-refractivity contribution in [2.45, 2.75) is 27.2 Å². The van der Waals surface area contributed by atoms with Crippen LogP contribution in [0, 0.1) is 25.7 Å². The molecule has 2 amide bonds. The maximum absolute atomic E-state index is 12.5. The zero-order chi connectivity index (χ0) is 19.7. The van der Waals surface area contributed by atoms with Gasteiger partial charge in [0.15, 0.2) is 5.78 Å². The highest BCUT2D eigenvalue weighted by atomic mass is 35.5. The topological polar surface area (TPSA) is 75.3 Å². The average molecular weight is 385 g/mol. The molecule has 6 heteroatoms. The third-order valence-electron chi connectivity index (χ3n) is 4.70. The minimum absolute atomic E-state index is 0.0307. The summed E-state index contributed by atoms with van der Waals surface area (Å²) < 4.78 is 0. The zero-order valence-electron chi connectivity index (χ0n) is 15.4. The van der Waals surface area contributed by atoms with E-state index in [0.717, 1.165) is 11.1 Å². The molecule has 5 nitrogen and oxygen atoms in total. The number of aryl methyl sites for hydroxylation is 2. The lowest BCUT2D eigenvalue weighted by atomic mass is 10.1. The van der Waals surface area contributed by atoms with E-state index in [-0.39, 0.29) is 29.4 Å². The Morgan fingerprint density at radius 2 is 1.56 bits per heavy atom. The number of carbonyl (C=O) groups is 3. The van der Waals surface area contributed by atoms with Gasteiger partial charge < -0.3 is 10.6 Å². The summed E-state index contributed by atoms with van der Waals surface area (Å²) in [5.41, 5.74) is 3.70. The number of amides is 2. The second-order valence-electron chi connectivity index (χ2n) is 7.00. The number of ketones is 1. The van der Waals surface area contributed by atoms with Gasteiger partial charge in [-0.2, -0.15) is 0 Å². The number of anilines is 2. The molecule has 1 aliphatic rings. The Kier molecular flexibility index (Phi) is 5.33. The number of Topliss-reactive ketones (excluding diaryl/α,β-unsaturated/α-hetero) is 1. The molecule has 1 fully saturated rings. The molecule has 1 aliphatic carbocycles. The van der Waals surface area contributed by atoms with E-state index in [1.807, 2.05) is 19.9 Å². The second-order valence-corrected chi connectivity index (χ2v) is 7.41. The largest absolute Gasteiger partial charge is 0.326 e. The van der Waals surface area contributed by atoms with Gasteiger partial charge in [-0.3, -0.25) is 14.4 Å². The van der Waals surface area contributed by atoms with Crippen molar-refractivity contribution in [3.8, 4) is 0 Å². The summed E-state index contributed by atoms with van der Waals surface area (Å²) in [6.45, 7) is 5.31. The molecule has 0 radical (unpaired) electrons. The number of hydrogen-bond donors (Lipinski definition) is 2. The molecule has 0 spiro atoms.